The topological polar surface area (TPSA) is 122 Å². The third-order valence-electron chi connectivity index (χ3n) is 6.28. The molecule has 2 aromatic rings. The smallest absolute Gasteiger partial charge is 0.407 e. The van der Waals surface area contributed by atoms with Crippen molar-refractivity contribution in [3.05, 3.63) is 40.8 Å². The molecule has 11 heteroatoms. The molecule has 3 heterocycles. The number of alkyl carbamates (subject to hydrolysis) is 1. The lowest BCUT2D eigenvalue weighted by atomic mass is 10.0. The fourth-order valence-electron chi connectivity index (χ4n) is 4.54. The first kappa shape index (κ1) is 21.2. The van der Waals surface area contributed by atoms with Gasteiger partial charge >= 0.3 is 6.09 Å². The van der Waals surface area contributed by atoms with Crippen molar-refractivity contribution in [2.24, 2.45) is 0 Å². The van der Waals surface area contributed by atoms with E-state index in [4.69, 9.17) is 9.47 Å². The van der Waals surface area contributed by atoms with Gasteiger partial charge < -0.3 is 20.1 Å². The van der Waals surface area contributed by atoms with Crippen LogP contribution < -0.4 is 10.6 Å². The lowest BCUT2D eigenvalue weighted by molar-refractivity contribution is -0.0635. The van der Waals surface area contributed by atoms with Gasteiger partial charge in [0.15, 0.2) is 21.5 Å². The molecule has 0 spiro atoms. The minimum absolute atomic E-state index is 0.123. The van der Waals surface area contributed by atoms with E-state index >= 15 is 0 Å². The minimum Gasteiger partial charge on any atom is -0.446 e. The number of nitrogens with zero attached hydrogens (tertiary/aromatic N) is 1. The molecule has 0 bridgehead atoms. The lowest BCUT2D eigenvalue weighted by Gasteiger charge is -2.38. The molecule has 9 nitrogen and oxygen atoms in total. The van der Waals surface area contributed by atoms with Crippen LogP contribution in [-0.4, -0.2) is 49.6 Å². The van der Waals surface area contributed by atoms with Crippen LogP contribution in [-0.2, 0) is 30.8 Å². The Hall–Kier alpha value is -2.66. The molecular weight excluding hydrogens is 439 g/mol. The van der Waals surface area contributed by atoms with Gasteiger partial charge in [-0.25, -0.2) is 17.6 Å². The number of ether oxygens (including phenoxy) is 2. The fraction of sp³-hybridized carbons (Fsp3) is 0.524. The summed E-state index contributed by atoms with van der Waals surface area (Å²) in [5, 5.41) is 13.0. The Labute approximate surface area is 185 Å². The zero-order valence-corrected chi connectivity index (χ0v) is 18.4. The summed E-state index contributed by atoms with van der Waals surface area (Å²) >= 11 is 0. The van der Waals surface area contributed by atoms with Crippen LogP contribution in [0.1, 0.15) is 48.9 Å². The van der Waals surface area contributed by atoms with Gasteiger partial charge in [0.05, 0.1) is 35.9 Å². The Morgan fingerprint density at radius 2 is 2.12 bits per heavy atom. The third kappa shape index (κ3) is 4.18. The van der Waals surface area contributed by atoms with E-state index in [-0.39, 0.29) is 40.3 Å². The van der Waals surface area contributed by atoms with Crippen LogP contribution in [0.25, 0.3) is 0 Å². The second-order valence-corrected chi connectivity index (χ2v) is 11.2. The average molecular weight is 465 g/mol. The molecule has 1 saturated carbocycles. The highest BCUT2D eigenvalue weighted by molar-refractivity contribution is 7.90. The van der Waals surface area contributed by atoms with E-state index in [0.29, 0.717) is 31.0 Å². The SMILES string of the molecule is CC1(NC(=O)O[C@H]2CC[C@@H](c3cc(Nc4ccc5c(c4F)CS(=O)(=O)C5)n[nH]3)C2)COC1. The summed E-state index contributed by atoms with van der Waals surface area (Å²) in [5.41, 5.74) is 1.45. The monoisotopic (exact) mass is 464 g/mol. The zero-order valence-electron chi connectivity index (χ0n) is 17.6. The molecule has 32 heavy (non-hydrogen) atoms. The van der Waals surface area contributed by atoms with Crippen LogP contribution >= 0.6 is 0 Å². The first-order valence-corrected chi connectivity index (χ1v) is 12.4. The Kier molecular flexibility index (Phi) is 5.12. The van der Waals surface area contributed by atoms with Gasteiger partial charge in [-0.1, -0.05) is 6.07 Å². The van der Waals surface area contributed by atoms with Gasteiger partial charge in [-0.2, -0.15) is 5.10 Å². The van der Waals surface area contributed by atoms with Gasteiger partial charge in [0.25, 0.3) is 0 Å². The molecule has 2 atom stereocenters. The number of benzene rings is 1. The molecule has 3 N–H and O–H groups in total. The first-order chi connectivity index (χ1) is 15.2. The van der Waals surface area contributed by atoms with E-state index in [1.807, 2.05) is 13.0 Å². The highest BCUT2D eigenvalue weighted by atomic mass is 32.2. The van der Waals surface area contributed by atoms with Crippen LogP contribution in [0.3, 0.4) is 0 Å². The molecule has 3 aliphatic rings. The van der Waals surface area contributed by atoms with E-state index in [2.05, 4.69) is 20.8 Å². The molecule has 1 saturated heterocycles. The number of nitrogens with one attached hydrogen (secondary N) is 3. The number of rotatable bonds is 5. The summed E-state index contributed by atoms with van der Waals surface area (Å²) in [5.74, 6) is -0.368. The van der Waals surface area contributed by atoms with Crippen LogP contribution in [0.15, 0.2) is 18.2 Å². The fourth-order valence-corrected chi connectivity index (χ4v) is 6.14. The van der Waals surface area contributed by atoms with Crippen LogP contribution in [0.2, 0.25) is 0 Å². The Bertz CT molecular complexity index is 1160. The third-order valence-corrected chi connectivity index (χ3v) is 7.76. The second kappa shape index (κ2) is 7.73. The number of aromatic amines is 1. The van der Waals surface area contributed by atoms with E-state index in [1.54, 1.807) is 6.07 Å². The number of hydrogen-bond acceptors (Lipinski definition) is 7. The quantitative estimate of drug-likeness (QED) is 0.622. The Balaban J connectivity index is 1.19. The summed E-state index contributed by atoms with van der Waals surface area (Å²) in [6.45, 7) is 2.89. The van der Waals surface area contributed by atoms with Crippen molar-refractivity contribution in [3.8, 4) is 0 Å². The standard InChI is InChI=1S/C21H25FN4O5S/c1-21(10-30-11-21)24-20(27)31-14-4-2-12(6-14)17-7-18(26-25-17)23-16-5-3-13-8-32(28,29)9-15(13)19(16)22/h3,5,7,12,14H,2,4,6,8-11H2,1H3,(H,24,27)(H2,23,25,26)/t12-,14+/m1/s1. The van der Waals surface area contributed by atoms with Crippen molar-refractivity contribution in [2.75, 3.05) is 18.5 Å². The van der Waals surface area contributed by atoms with Crippen molar-refractivity contribution >= 4 is 27.4 Å². The number of hydrogen-bond donors (Lipinski definition) is 3. The van der Waals surface area contributed by atoms with Crippen molar-refractivity contribution in [3.63, 3.8) is 0 Å². The summed E-state index contributed by atoms with van der Waals surface area (Å²) in [6, 6.07) is 4.98. The molecule has 0 radical (unpaired) electrons. The summed E-state index contributed by atoms with van der Waals surface area (Å²) in [6.07, 6.45) is 1.65. The Morgan fingerprint density at radius 1 is 1.31 bits per heavy atom. The average Bonchev–Trinajstić information content (AvgIpc) is 3.41. The van der Waals surface area contributed by atoms with Crippen molar-refractivity contribution < 1.29 is 27.1 Å². The molecule has 172 valence electrons. The molecule has 5 rings (SSSR count). The number of halogens is 1. The van der Waals surface area contributed by atoms with Gasteiger partial charge in [-0.15, -0.1) is 0 Å². The zero-order chi connectivity index (χ0) is 22.5. The lowest BCUT2D eigenvalue weighted by Crippen LogP contribution is -2.60. The van der Waals surface area contributed by atoms with Gasteiger partial charge in [0.2, 0.25) is 0 Å². The number of carbonyl (C=O) groups is 1. The molecule has 1 aromatic carbocycles. The molecule has 1 aliphatic carbocycles. The minimum atomic E-state index is -3.28. The Morgan fingerprint density at radius 3 is 2.88 bits per heavy atom. The molecule has 1 amide bonds. The predicted octanol–water partition coefficient (Wildman–Crippen LogP) is 2.87. The molecule has 2 fully saturated rings. The van der Waals surface area contributed by atoms with E-state index < -0.39 is 21.7 Å². The number of fused-ring (bicyclic) bond motifs is 1. The number of carbonyl (C=O) groups excluding carboxylic acids is 1. The second-order valence-electron chi connectivity index (χ2n) is 9.15. The number of aromatic nitrogens is 2. The van der Waals surface area contributed by atoms with Crippen LogP contribution in [0.4, 0.5) is 20.7 Å². The molecule has 1 aromatic heterocycles. The highest BCUT2D eigenvalue weighted by Crippen LogP contribution is 2.37. The van der Waals surface area contributed by atoms with E-state index in [1.165, 1.54) is 6.07 Å². The highest BCUT2D eigenvalue weighted by Gasteiger charge is 2.37. The maximum atomic E-state index is 14.8. The summed E-state index contributed by atoms with van der Waals surface area (Å²) < 4.78 is 49.1. The largest absolute Gasteiger partial charge is 0.446 e. The van der Waals surface area contributed by atoms with Gasteiger partial charge in [0.1, 0.15) is 6.10 Å². The molecule has 2 aliphatic heterocycles. The van der Waals surface area contributed by atoms with Gasteiger partial charge in [0, 0.05) is 23.2 Å². The van der Waals surface area contributed by atoms with Gasteiger partial charge in [-0.05, 0) is 37.8 Å². The number of amides is 1. The van der Waals surface area contributed by atoms with E-state index in [0.717, 1.165) is 18.5 Å². The van der Waals surface area contributed by atoms with Crippen molar-refractivity contribution in [2.45, 2.75) is 55.3 Å². The summed E-state index contributed by atoms with van der Waals surface area (Å²) in [4.78, 5) is 12.1. The number of anilines is 2. The van der Waals surface area contributed by atoms with Crippen LogP contribution in [0.5, 0.6) is 0 Å². The predicted molar refractivity (Wildman–Crippen MR) is 114 cm³/mol. The maximum absolute atomic E-state index is 14.8. The molecule has 0 unspecified atom stereocenters. The first-order valence-electron chi connectivity index (χ1n) is 10.6. The van der Waals surface area contributed by atoms with Crippen molar-refractivity contribution in [1.29, 1.82) is 0 Å². The van der Waals surface area contributed by atoms with Gasteiger partial charge in [-0.3, -0.25) is 5.10 Å². The number of sulfone groups is 1. The van der Waals surface area contributed by atoms with Crippen LogP contribution in [0, 0.1) is 5.82 Å². The molecular formula is C21H25FN4O5S. The van der Waals surface area contributed by atoms with Crippen molar-refractivity contribution in [1.82, 2.24) is 15.5 Å². The normalized spacial score (nSPS) is 25.1. The summed E-state index contributed by atoms with van der Waals surface area (Å²) in [7, 11) is -3.28. The maximum Gasteiger partial charge on any atom is 0.407 e. The van der Waals surface area contributed by atoms with E-state index in [9.17, 15) is 17.6 Å². The number of H-pyrrole nitrogens is 1.